The van der Waals surface area contributed by atoms with Gasteiger partial charge in [0.1, 0.15) is 12.1 Å². The van der Waals surface area contributed by atoms with Crippen LogP contribution in [0.2, 0.25) is 0 Å². The summed E-state index contributed by atoms with van der Waals surface area (Å²) in [6.45, 7) is 0.187. The van der Waals surface area contributed by atoms with Gasteiger partial charge >= 0.3 is 5.97 Å². The third kappa shape index (κ3) is 1.95. The first-order valence-electron chi connectivity index (χ1n) is 6.47. The van der Waals surface area contributed by atoms with Crippen molar-refractivity contribution in [2.24, 2.45) is 0 Å². The Morgan fingerprint density at radius 2 is 2.20 bits per heavy atom. The first-order chi connectivity index (χ1) is 9.53. The molecule has 0 radical (unpaired) electrons. The molecule has 1 aliphatic carbocycles. The molecular weight excluding hydrogens is 262 g/mol. The molecule has 1 atom stereocenters. The number of ether oxygens (including phenoxy) is 1. The molecular formula is C13H15N3O4. The van der Waals surface area contributed by atoms with Crippen molar-refractivity contribution in [3.8, 4) is 0 Å². The number of esters is 1. The smallest absolute Gasteiger partial charge is 0.308 e. The highest BCUT2D eigenvalue weighted by Crippen LogP contribution is 2.43. The Morgan fingerprint density at radius 1 is 1.45 bits per heavy atom. The van der Waals surface area contributed by atoms with Crippen LogP contribution in [0, 0.1) is 0 Å². The molecule has 1 saturated carbocycles. The normalized spacial score (nSPS) is 23.2. The van der Waals surface area contributed by atoms with E-state index >= 15 is 0 Å². The number of carbonyl (C=O) groups excluding carboxylic acids is 2. The van der Waals surface area contributed by atoms with Crippen LogP contribution in [0.5, 0.6) is 0 Å². The number of amides is 1. The molecule has 1 unspecified atom stereocenters. The molecule has 7 nitrogen and oxygen atoms in total. The molecule has 2 fully saturated rings. The maximum Gasteiger partial charge on any atom is 0.308 e. The fourth-order valence-electron chi connectivity index (χ4n) is 2.47. The van der Waals surface area contributed by atoms with Crippen LogP contribution in [-0.4, -0.2) is 29.1 Å². The van der Waals surface area contributed by atoms with Gasteiger partial charge in [0.05, 0.1) is 18.2 Å². The zero-order valence-electron chi connectivity index (χ0n) is 10.8. The number of nitrogens with two attached hydrogens (primary N) is 1. The predicted octanol–water partition coefficient (Wildman–Crippen LogP) is -0.649. The topological polar surface area (TPSA) is 103 Å². The van der Waals surface area contributed by atoms with E-state index < -0.39 is 5.54 Å². The second-order valence-corrected chi connectivity index (χ2v) is 5.23. The number of nitrogens with zero attached hydrogens (tertiary/aromatic N) is 1. The van der Waals surface area contributed by atoms with Crippen LogP contribution >= 0.6 is 0 Å². The number of hydrogen-bond donors (Lipinski definition) is 2. The quantitative estimate of drug-likeness (QED) is 0.715. The summed E-state index contributed by atoms with van der Waals surface area (Å²) in [7, 11) is 0. The van der Waals surface area contributed by atoms with Crippen LogP contribution in [-0.2, 0) is 19.9 Å². The Kier molecular flexibility index (Phi) is 2.77. The molecule has 20 heavy (non-hydrogen) atoms. The van der Waals surface area contributed by atoms with Gasteiger partial charge in [-0.25, -0.2) is 0 Å². The number of nitrogens with one attached hydrogen (secondary N) is 1. The highest BCUT2D eigenvalue weighted by atomic mass is 16.5. The zero-order chi connectivity index (χ0) is 14.3. The van der Waals surface area contributed by atoms with Crippen molar-refractivity contribution in [1.82, 2.24) is 9.88 Å². The van der Waals surface area contributed by atoms with Crippen LogP contribution in [0.15, 0.2) is 23.1 Å². The standard InChI is InChI=1S/C13H15N3O4/c14-9-2-1-5-16(11(9)18)13(3-4-13)12(19)15-8-6-10(17)20-7-8/h1-2,5,8H,3-4,6-7,14H2,(H,15,19). The van der Waals surface area contributed by atoms with Crippen LogP contribution < -0.4 is 16.6 Å². The summed E-state index contributed by atoms with van der Waals surface area (Å²) in [5.41, 5.74) is 4.49. The van der Waals surface area contributed by atoms with E-state index in [1.165, 1.54) is 10.6 Å². The summed E-state index contributed by atoms with van der Waals surface area (Å²) in [6, 6.07) is 2.84. The number of aromatic nitrogens is 1. The van der Waals surface area contributed by atoms with Gasteiger partial charge in [0, 0.05) is 6.20 Å². The molecule has 2 heterocycles. The molecule has 3 N–H and O–H groups in total. The molecule has 0 bridgehead atoms. The number of carbonyl (C=O) groups is 2. The Balaban J connectivity index is 1.82. The maximum atomic E-state index is 12.4. The van der Waals surface area contributed by atoms with Gasteiger partial charge in [-0.05, 0) is 25.0 Å². The summed E-state index contributed by atoms with van der Waals surface area (Å²) in [6.07, 6.45) is 2.92. The predicted molar refractivity (Wildman–Crippen MR) is 69.8 cm³/mol. The third-order valence-corrected chi connectivity index (χ3v) is 3.78. The fraction of sp³-hybridized carbons (Fsp3) is 0.462. The first kappa shape index (κ1) is 12.7. The van der Waals surface area contributed by atoms with E-state index in [1.54, 1.807) is 12.3 Å². The molecule has 1 amide bonds. The Bertz CT molecular complexity index is 633. The monoisotopic (exact) mass is 277 g/mol. The van der Waals surface area contributed by atoms with E-state index in [4.69, 9.17) is 10.5 Å². The molecule has 2 aliphatic rings. The van der Waals surface area contributed by atoms with Gasteiger partial charge in [0.2, 0.25) is 5.91 Å². The van der Waals surface area contributed by atoms with Gasteiger partial charge in [-0.1, -0.05) is 0 Å². The molecule has 1 aromatic rings. The van der Waals surface area contributed by atoms with Gasteiger partial charge in [0.15, 0.2) is 0 Å². The lowest BCUT2D eigenvalue weighted by Crippen LogP contribution is -2.47. The molecule has 0 spiro atoms. The van der Waals surface area contributed by atoms with E-state index in [2.05, 4.69) is 5.32 Å². The van der Waals surface area contributed by atoms with Gasteiger partial charge in [0.25, 0.3) is 5.56 Å². The SMILES string of the molecule is Nc1cccn(C2(C(=O)NC3COC(=O)C3)CC2)c1=O. The van der Waals surface area contributed by atoms with Crippen molar-refractivity contribution in [2.45, 2.75) is 30.8 Å². The Hall–Kier alpha value is -2.31. The molecule has 1 aromatic heterocycles. The zero-order valence-corrected chi connectivity index (χ0v) is 10.8. The number of anilines is 1. The number of rotatable bonds is 3. The molecule has 1 aliphatic heterocycles. The van der Waals surface area contributed by atoms with E-state index in [0.29, 0.717) is 12.8 Å². The molecule has 7 heteroatoms. The lowest BCUT2D eigenvalue weighted by molar-refractivity contribution is -0.138. The summed E-state index contributed by atoms with van der Waals surface area (Å²) >= 11 is 0. The average molecular weight is 277 g/mol. The molecule has 0 aromatic carbocycles. The molecule has 3 rings (SSSR count). The number of cyclic esters (lactones) is 1. The minimum atomic E-state index is -0.863. The number of pyridine rings is 1. The van der Waals surface area contributed by atoms with Gasteiger partial charge in [-0.3, -0.25) is 19.0 Å². The van der Waals surface area contributed by atoms with Crippen LogP contribution in [0.1, 0.15) is 19.3 Å². The largest absolute Gasteiger partial charge is 0.463 e. The van der Waals surface area contributed by atoms with Gasteiger partial charge in [-0.2, -0.15) is 0 Å². The lowest BCUT2D eigenvalue weighted by Gasteiger charge is -2.20. The van der Waals surface area contributed by atoms with Crippen molar-refractivity contribution in [2.75, 3.05) is 12.3 Å². The lowest BCUT2D eigenvalue weighted by atomic mass is 10.2. The minimum absolute atomic E-state index is 0.117. The van der Waals surface area contributed by atoms with E-state index in [-0.39, 0.29) is 42.2 Å². The summed E-state index contributed by atoms with van der Waals surface area (Å²) < 4.78 is 6.19. The van der Waals surface area contributed by atoms with Crippen LogP contribution in [0.3, 0.4) is 0 Å². The Labute approximate surface area is 114 Å². The highest BCUT2D eigenvalue weighted by molar-refractivity contribution is 5.88. The van der Waals surface area contributed by atoms with Crippen molar-refractivity contribution < 1.29 is 14.3 Å². The van der Waals surface area contributed by atoms with Crippen molar-refractivity contribution in [1.29, 1.82) is 0 Å². The van der Waals surface area contributed by atoms with E-state index in [0.717, 1.165) is 0 Å². The Morgan fingerprint density at radius 3 is 2.80 bits per heavy atom. The average Bonchev–Trinajstić information content (AvgIpc) is 3.12. The minimum Gasteiger partial charge on any atom is -0.463 e. The van der Waals surface area contributed by atoms with Crippen molar-refractivity contribution in [3.05, 3.63) is 28.7 Å². The highest BCUT2D eigenvalue weighted by Gasteiger charge is 2.53. The van der Waals surface area contributed by atoms with E-state index in [1.807, 2.05) is 0 Å². The van der Waals surface area contributed by atoms with Crippen LogP contribution in [0.4, 0.5) is 5.69 Å². The summed E-state index contributed by atoms with van der Waals surface area (Å²) in [5.74, 6) is -0.574. The maximum absolute atomic E-state index is 12.4. The van der Waals surface area contributed by atoms with E-state index in [9.17, 15) is 14.4 Å². The first-order valence-corrected chi connectivity index (χ1v) is 6.47. The number of hydrogen-bond acceptors (Lipinski definition) is 5. The fourth-order valence-corrected chi connectivity index (χ4v) is 2.47. The summed E-state index contributed by atoms with van der Waals surface area (Å²) in [4.78, 5) is 35.4. The van der Waals surface area contributed by atoms with Crippen LogP contribution in [0.25, 0.3) is 0 Å². The second-order valence-electron chi connectivity index (χ2n) is 5.23. The van der Waals surface area contributed by atoms with Gasteiger partial charge < -0.3 is 15.8 Å². The molecule has 1 saturated heterocycles. The number of nitrogen functional groups attached to an aromatic ring is 1. The summed E-state index contributed by atoms with van der Waals surface area (Å²) in [5, 5.41) is 2.77. The van der Waals surface area contributed by atoms with Crippen molar-refractivity contribution >= 4 is 17.6 Å². The third-order valence-electron chi connectivity index (χ3n) is 3.78. The van der Waals surface area contributed by atoms with Gasteiger partial charge in [-0.15, -0.1) is 0 Å². The van der Waals surface area contributed by atoms with Crippen molar-refractivity contribution in [3.63, 3.8) is 0 Å². The molecule has 106 valence electrons. The second kappa shape index (κ2) is 4.36.